The quantitative estimate of drug-likeness (QED) is 0.0466. The Morgan fingerprint density at radius 2 is 0.467 bits per heavy atom. The molecule has 0 spiro atoms. The Morgan fingerprint density at radius 3 is 0.667 bits per heavy atom. The first-order valence-electron chi connectivity index (χ1n) is 20.9. The van der Waals surface area contributed by atoms with Gasteiger partial charge in [-0.05, 0) is 0 Å². The van der Waals surface area contributed by atoms with Gasteiger partial charge in [0.05, 0.1) is 0 Å². The third kappa shape index (κ3) is 37.6. The fourth-order valence-electron chi connectivity index (χ4n) is 6.55. The summed E-state index contributed by atoms with van der Waals surface area (Å²) in [5, 5.41) is 0. The van der Waals surface area contributed by atoms with E-state index in [1.807, 2.05) is 0 Å². The average Bonchev–Trinajstić information content (AvgIpc) is 3.00. The van der Waals surface area contributed by atoms with Crippen LogP contribution in [0.5, 0.6) is 0 Å². The molecule has 0 unspecified atom stereocenters. The van der Waals surface area contributed by atoms with Gasteiger partial charge in [0.15, 0.2) is 0 Å². The summed E-state index contributed by atoms with van der Waals surface area (Å²) >= 11 is -0.672. The zero-order valence-electron chi connectivity index (χ0n) is 32.4. The fourth-order valence-corrected chi connectivity index (χ4v) is 14.5. The van der Waals surface area contributed by atoms with Gasteiger partial charge in [-0.3, -0.25) is 0 Å². The van der Waals surface area contributed by atoms with Crippen LogP contribution in [0.4, 0.5) is 0 Å². The zero-order valence-corrected chi connectivity index (χ0v) is 36.5. The van der Waals surface area contributed by atoms with Crippen molar-refractivity contribution in [2.45, 2.75) is 258 Å². The summed E-state index contributed by atoms with van der Waals surface area (Å²) in [7, 11) is -3.07. The molecule has 2 nitrogen and oxygen atoms in total. The van der Waals surface area contributed by atoms with Crippen LogP contribution in [0.25, 0.3) is 0 Å². The number of hydrogen-bond donors (Lipinski definition) is 0. The molecule has 0 fully saturated rings. The van der Waals surface area contributed by atoms with Crippen molar-refractivity contribution in [1.29, 1.82) is 0 Å². The molecule has 0 heterocycles. The van der Waals surface area contributed by atoms with E-state index in [9.17, 15) is 0 Å². The van der Waals surface area contributed by atoms with Crippen LogP contribution in [-0.2, 0) is 6.91 Å². The van der Waals surface area contributed by atoms with Crippen molar-refractivity contribution in [2.75, 3.05) is 0 Å². The molecule has 270 valence electrons. The van der Waals surface area contributed by atoms with Crippen LogP contribution < -0.4 is 0 Å². The van der Waals surface area contributed by atoms with Crippen molar-refractivity contribution >= 4 is 32.7 Å². The van der Waals surface area contributed by atoms with Gasteiger partial charge in [-0.2, -0.15) is 0 Å². The maximum atomic E-state index is 6.50. The van der Waals surface area contributed by atoms with Crippen LogP contribution in [0.15, 0.2) is 0 Å². The molecular weight excluding hydrogens is 641 g/mol. The SMILES string of the molecule is CCCCCCCCCCCCCCCCCC[Si](C)(C)[O][Ge][O][Si](C)(C)CCCCCCCCCCCCCCCCCC. The van der Waals surface area contributed by atoms with E-state index in [1.54, 1.807) is 0 Å². The smallest absolute Gasteiger partial charge is 0.0654 e. The predicted octanol–water partition coefficient (Wildman–Crippen LogP) is 15.5. The zero-order chi connectivity index (χ0) is 33.2. The molecule has 0 bridgehead atoms. The molecule has 2 radical (unpaired) electrons. The molecule has 5 heteroatoms. The summed E-state index contributed by atoms with van der Waals surface area (Å²) < 4.78 is 13.0. The summed E-state index contributed by atoms with van der Waals surface area (Å²) in [6.45, 7) is 14.3. The second kappa shape index (κ2) is 34.7. The summed E-state index contributed by atoms with van der Waals surface area (Å²) in [6, 6.07) is 2.64. The Hall–Kier alpha value is 0.897. The Morgan fingerprint density at radius 1 is 0.289 bits per heavy atom. The first-order chi connectivity index (χ1) is 21.8. The molecule has 0 atom stereocenters. The van der Waals surface area contributed by atoms with Crippen molar-refractivity contribution in [3.05, 3.63) is 0 Å². The molecule has 0 aromatic heterocycles. The van der Waals surface area contributed by atoms with Gasteiger partial charge in [-0.25, -0.2) is 0 Å². The third-order valence-corrected chi connectivity index (χ3v) is 22.3. The van der Waals surface area contributed by atoms with Gasteiger partial charge in [0.25, 0.3) is 0 Å². The van der Waals surface area contributed by atoms with Crippen molar-refractivity contribution in [3.8, 4) is 0 Å². The van der Waals surface area contributed by atoms with E-state index < -0.39 is 32.7 Å². The van der Waals surface area contributed by atoms with Crippen LogP contribution >= 0.6 is 0 Å². The molecule has 45 heavy (non-hydrogen) atoms. The summed E-state index contributed by atoms with van der Waals surface area (Å²) in [5.74, 6) is 0. The molecule has 0 saturated heterocycles. The number of hydrogen-bond acceptors (Lipinski definition) is 2. The van der Waals surface area contributed by atoms with Gasteiger partial charge in [0, 0.05) is 0 Å². The number of rotatable bonds is 38. The molecule has 0 aliphatic heterocycles. The van der Waals surface area contributed by atoms with E-state index in [-0.39, 0.29) is 0 Å². The number of unbranched alkanes of at least 4 members (excludes halogenated alkanes) is 30. The van der Waals surface area contributed by atoms with Crippen molar-refractivity contribution in [2.24, 2.45) is 0 Å². The van der Waals surface area contributed by atoms with E-state index in [0.29, 0.717) is 0 Å². The van der Waals surface area contributed by atoms with E-state index in [2.05, 4.69) is 40.0 Å². The molecule has 0 aliphatic rings. The van der Waals surface area contributed by atoms with E-state index >= 15 is 0 Å². The van der Waals surface area contributed by atoms with Crippen LogP contribution in [0.2, 0.25) is 38.3 Å². The van der Waals surface area contributed by atoms with Crippen molar-refractivity contribution in [1.82, 2.24) is 0 Å². The van der Waals surface area contributed by atoms with Crippen LogP contribution in [0.3, 0.4) is 0 Å². The van der Waals surface area contributed by atoms with Gasteiger partial charge >= 0.3 is 193 Å². The Kier molecular flexibility index (Phi) is 35.4. The molecule has 0 rings (SSSR count). The second-order valence-electron chi connectivity index (χ2n) is 15.9. The first kappa shape index (κ1) is 45.9. The molecule has 0 aromatic carbocycles. The Balaban J connectivity index is 3.49. The Labute approximate surface area is 295 Å². The Bertz CT molecular complexity index is 524. The van der Waals surface area contributed by atoms with Gasteiger partial charge in [0.1, 0.15) is 0 Å². The fraction of sp³-hybridized carbons (Fsp3) is 1.00. The third-order valence-electron chi connectivity index (χ3n) is 9.90. The van der Waals surface area contributed by atoms with Crippen molar-refractivity contribution in [3.63, 3.8) is 0 Å². The summed E-state index contributed by atoms with van der Waals surface area (Å²) in [5.41, 5.74) is 0. The minimum atomic E-state index is -1.53. The van der Waals surface area contributed by atoms with E-state index in [1.165, 1.54) is 218 Å². The monoisotopic (exact) mass is 729 g/mol. The van der Waals surface area contributed by atoms with Gasteiger partial charge < -0.3 is 0 Å². The summed E-state index contributed by atoms with van der Waals surface area (Å²) in [6.07, 6.45) is 46.2. The van der Waals surface area contributed by atoms with Gasteiger partial charge in [-0.1, -0.05) is 104 Å². The minimum Gasteiger partial charge on any atom is -0.0654 e. The molecule has 0 aliphatic carbocycles. The topological polar surface area (TPSA) is 18.5 Å². The van der Waals surface area contributed by atoms with Gasteiger partial charge in [0.2, 0.25) is 0 Å². The van der Waals surface area contributed by atoms with Crippen LogP contribution in [0, 0.1) is 0 Å². The van der Waals surface area contributed by atoms with Crippen LogP contribution in [-0.4, -0.2) is 32.7 Å². The van der Waals surface area contributed by atoms with E-state index in [0.717, 1.165) is 0 Å². The predicted molar refractivity (Wildman–Crippen MR) is 212 cm³/mol. The molecule has 0 amide bonds. The van der Waals surface area contributed by atoms with Crippen LogP contribution in [0.1, 0.15) is 219 Å². The van der Waals surface area contributed by atoms with Crippen molar-refractivity contribution < 1.29 is 6.91 Å². The van der Waals surface area contributed by atoms with E-state index in [4.69, 9.17) is 6.91 Å². The van der Waals surface area contributed by atoms with Gasteiger partial charge in [-0.15, -0.1) is 0 Å². The minimum absolute atomic E-state index is 0.672. The summed E-state index contributed by atoms with van der Waals surface area (Å²) in [4.78, 5) is 0. The maximum absolute atomic E-state index is 6.50. The molecule has 0 N–H and O–H groups in total. The normalized spacial score (nSPS) is 12.4. The average molecular weight is 728 g/mol. The standard InChI is InChI=1S/C40H86GeO2Si2/c1-7-9-11-13-15-17-19-21-23-25-27-29-31-33-35-37-39-44(3,4)42-41-43-45(5,6)40-38-36-34-32-30-28-26-24-22-20-18-16-14-12-10-8-2/h7-40H2,1-6H3. The molecule has 0 saturated carbocycles. The second-order valence-corrected chi connectivity index (χ2v) is 27.3. The molecule has 0 aromatic rings. The molecular formula is C40H86GeO2Si2. The first-order valence-corrected chi connectivity index (χ1v) is 28.9.